The zero-order valence-corrected chi connectivity index (χ0v) is 14.7. The van der Waals surface area contributed by atoms with Crippen LogP contribution < -0.4 is 5.32 Å². The number of hydrogen-bond acceptors (Lipinski definition) is 4. The lowest BCUT2D eigenvalue weighted by Crippen LogP contribution is -2.28. The van der Waals surface area contributed by atoms with Crippen LogP contribution in [0.15, 0.2) is 18.2 Å². The monoisotopic (exact) mass is 339 g/mol. The SMILES string of the molecule is Cc1nc(C2CCCN2CCC(=O)Nc2ccc3c(c2)CCC3)n[nH]1. The molecule has 1 aliphatic heterocycles. The number of rotatable bonds is 5. The highest BCUT2D eigenvalue weighted by Crippen LogP contribution is 2.30. The maximum absolute atomic E-state index is 12.3. The van der Waals surface area contributed by atoms with Gasteiger partial charge in [0.05, 0.1) is 6.04 Å². The van der Waals surface area contributed by atoms with Gasteiger partial charge < -0.3 is 5.32 Å². The van der Waals surface area contributed by atoms with Crippen LogP contribution in [0, 0.1) is 6.92 Å². The second kappa shape index (κ2) is 6.96. The molecule has 1 aromatic carbocycles. The Kier molecular flexibility index (Phi) is 4.53. The van der Waals surface area contributed by atoms with Crippen LogP contribution in [-0.4, -0.2) is 39.1 Å². The van der Waals surface area contributed by atoms with E-state index >= 15 is 0 Å². The molecule has 1 aromatic heterocycles. The molecule has 2 N–H and O–H groups in total. The predicted molar refractivity (Wildman–Crippen MR) is 96.4 cm³/mol. The number of hydrogen-bond donors (Lipinski definition) is 2. The Hall–Kier alpha value is -2.21. The maximum Gasteiger partial charge on any atom is 0.225 e. The first-order chi connectivity index (χ1) is 12.2. The minimum absolute atomic E-state index is 0.0785. The number of nitrogens with zero attached hydrogens (tertiary/aromatic N) is 3. The maximum atomic E-state index is 12.3. The van der Waals surface area contributed by atoms with Crippen molar-refractivity contribution in [2.24, 2.45) is 0 Å². The Morgan fingerprint density at radius 3 is 3.04 bits per heavy atom. The Bertz CT molecular complexity index is 769. The van der Waals surface area contributed by atoms with Crippen molar-refractivity contribution in [2.45, 2.75) is 51.5 Å². The second-order valence-corrected chi connectivity index (χ2v) is 7.11. The van der Waals surface area contributed by atoms with Gasteiger partial charge in [-0.15, -0.1) is 0 Å². The first kappa shape index (κ1) is 16.3. The molecule has 6 nitrogen and oxygen atoms in total. The van der Waals surface area contributed by atoms with Crippen LogP contribution in [0.5, 0.6) is 0 Å². The van der Waals surface area contributed by atoms with Crippen molar-refractivity contribution in [2.75, 3.05) is 18.4 Å². The molecule has 2 heterocycles. The standard InChI is InChI=1S/C19H25N5O/c1-13-20-19(23-22-13)17-6-3-10-24(17)11-9-18(25)21-16-8-7-14-4-2-5-15(14)12-16/h7-8,12,17H,2-6,9-11H2,1H3,(H,21,25)(H,20,22,23). The number of carbonyl (C=O) groups excluding carboxylic acids is 1. The topological polar surface area (TPSA) is 73.9 Å². The number of amides is 1. The van der Waals surface area contributed by atoms with Gasteiger partial charge in [0, 0.05) is 18.7 Å². The molecule has 1 saturated heterocycles. The number of anilines is 1. The number of H-pyrrole nitrogens is 1. The van der Waals surface area contributed by atoms with E-state index in [1.54, 1.807) is 0 Å². The number of aromatic amines is 1. The summed E-state index contributed by atoms with van der Waals surface area (Å²) in [6, 6.07) is 6.55. The average Bonchev–Trinajstić information content (AvgIpc) is 3.32. The van der Waals surface area contributed by atoms with Crippen LogP contribution in [0.2, 0.25) is 0 Å². The number of fused-ring (bicyclic) bond motifs is 1. The van der Waals surface area contributed by atoms with E-state index in [0.717, 1.165) is 49.7 Å². The number of carbonyl (C=O) groups is 1. The lowest BCUT2D eigenvalue weighted by molar-refractivity contribution is -0.116. The van der Waals surface area contributed by atoms with E-state index < -0.39 is 0 Å². The fourth-order valence-corrected chi connectivity index (χ4v) is 4.01. The molecule has 4 rings (SSSR count). The molecule has 2 aromatic rings. The smallest absolute Gasteiger partial charge is 0.225 e. The predicted octanol–water partition coefficient (Wildman–Crippen LogP) is 2.77. The van der Waals surface area contributed by atoms with Crippen molar-refractivity contribution in [3.8, 4) is 0 Å². The van der Waals surface area contributed by atoms with Crippen LogP contribution in [0.3, 0.4) is 0 Å². The number of benzene rings is 1. The first-order valence-corrected chi connectivity index (χ1v) is 9.23. The van der Waals surface area contributed by atoms with Crippen molar-refractivity contribution in [1.82, 2.24) is 20.1 Å². The molecule has 1 fully saturated rings. The van der Waals surface area contributed by atoms with Gasteiger partial charge in [-0.1, -0.05) is 6.07 Å². The number of aryl methyl sites for hydroxylation is 3. The summed E-state index contributed by atoms with van der Waals surface area (Å²) in [7, 11) is 0. The van der Waals surface area contributed by atoms with Gasteiger partial charge in [-0.2, -0.15) is 5.10 Å². The van der Waals surface area contributed by atoms with Gasteiger partial charge in [0.1, 0.15) is 5.82 Å². The van der Waals surface area contributed by atoms with Crippen molar-refractivity contribution < 1.29 is 4.79 Å². The second-order valence-electron chi connectivity index (χ2n) is 7.11. The molecule has 1 unspecified atom stereocenters. The quantitative estimate of drug-likeness (QED) is 0.878. The summed E-state index contributed by atoms with van der Waals surface area (Å²) < 4.78 is 0. The van der Waals surface area contributed by atoms with Gasteiger partial charge in [0.15, 0.2) is 5.82 Å². The molecule has 1 amide bonds. The summed E-state index contributed by atoms with van der Waals surface area (Å²) in [5, 5.41) is 10.3. The normalized spacial score (nSPS) is 20.0. The molecular formula is C19H25N5O. The molecule has 0 radical (unpaired) electrons. The highest BCUT2D eigenvalue weighted by molar-refractivity contribution is 5.91. The van der Waals surface area contributed by atoms with Crippen LogP contribution in [0.1, 0.15) is 54.5 Å². The summed E-state index contributed by atoms with van der Waals surface area (Å²) in [5.41, 5.74) is 3.74. The highest BCUT2D eigenvalue weighted by Gasteiger charge is 2.29. The zero-order chi connectivity index (χ0) is 17.2. The van der Waals surface area contributed by atoms with Crippen LogP contribution in [-0.2, 0) is 17.6 Å². The first-order valence-electron chi connectivity index (χ1n) is 9.23. The molecule has 0 saturated carbocycles. The van der Waals surface area contributed by atoms with Gasteiger partial charge in [-0.05, 0) is 68.8 Å². The fourth-order valence-electron chi connectivity index (χ4n) is 4.01. The molecular weight excluding hydrogens is 314 g/mol. The van der Waals surface area contributed by atoms with Crippen LogP contribution in [0.4, 0.5) is 5.69 Å². The van der Waals surface area contributed by atoms with Gasteiger partial charge in [0.25, 0.3) is 0 Å². The van der Waals surface area contributed by atoms with E-state index in [9.17, 15) is 4.79 Å². The van der Waals surface area contributed by atoms with Crippen molar-refractivity contribution in [1.29, 1.82) is 0 Å². The van der Waals surface area contributed by atoms with E-state index in [2.05, 4.69) is 37.5 Å². The summed E-state index contributed by atoms with van der Waals surface area (Å²) in [6.07, 6.45) is 6.21. The fraction of sp³-hybridized carbons (Fsp3) is 0.526. The van der Waals surface area contributed by atoms with Crippen LogP contribution >= 0.6 is 0 Å². The number of nitrogens with one attached hydrogen (secondary N) is 2. The summed E-state index contributed by atoms with van der Waals surface area (Å²) in [6.45, 7) is 3.67. The molecule has 0 bridgehead atoms. The molecule has 0 spiro atoms. The molecule has 2 aliphatic rings. The molecule has 1 atom stereocenters. The van der Waals surface area contributed by atoms with E-state index in [4.69, 9.17) is 0 Å². The Balaban J connectivity index is 1.32. The summed E-state index contributed by atoms with van der Waals surface area (Å²) in [4.78, 5) is 19.1. The van der Waals surface area contributed by atoms with Gasteiger partial charge >= 0.3 is 0 Å². The molecule has 6 heteroatoms. The van der Waals surface area contributed by atoms with E-state index in [1.165, 1.54) is 24.0 Å². The van der Waals surface area contributed by atoms with Crippen molar-refractivity contribution >= 4 is 11.6 Å². The van der Waals surface area contributed by atoms with Crippen molar-refractivity contribution in [3.05, 3.63) is 41.0 Å². The average molecular weight is 339 g/mol. The van der Waals surface area contributed by atoms with Gasteiger partial charge in [0.2, 0.25) is 5.91 Å². The number of aromatic nitrogens is 3. The zero-order valence-electron chi connectivity index (χ0n) is 14.7. The minimum Gasteiger partial charge on any atom is -0.326 e. The lowest BCUT2D eigenvalue weighted by Gasteiger charge is -2.21. The van der Waals surface area contributed by atoms with Crippen LogP contribution in [0.25, 0.3) is 0 Å². The van der Waals surface area contributed by atoms with E-state index in [0.29, 0.717) is 6.42 Å². The molecule has 132 valence electrons. The van der Waals surface area contributed by atoms with E-state index in [1.807, 2.05) is 13.0 Å². The van der Waals surface area contributed by atoms with Gasteiger partial charge in [-0.3, -0.25) is 14.8 Å². The largest absolute Gasteiger partial charge is 0.326 e. The third-order valence-corrected chi connectivity index (χ3v) is 5.28. The summed E-state index contributed by atoms with van der Waals surface area (Å²) in [5.74, 6) is 1.78. The minimum atomic E-state index is 0.0785. The molecule has 1 aliphatic carbocycles. The Labute approximate surface area is 148 Å². The summed E-state index contributed by atoms with van der Waals surface area (Å²) >= 11 is 0. The Morgan fingerprint density at radius 2 is 2.20 bits per heavy atom. The third-order valence-electron chi connectivity index (χ3n) is 5.28. The van der Waals surface area contributed by atoms with Gasteiger partial charge in [-0.25, -0.2) is 4.98 Å². The number of likely N-dealkylation sites (tertiary alicyclic amines) is 1. The van der Waals surface area contributed by atoms with E-state index in [-0.39, 0.29) is 11.9 Å². The van der Waals surface area contributed by atoms with Crippen molar-refractivity contribution in [3.63, 3.8) is 0 Å². The Morgan fingerprint density at radius 1 is 1.32 bits per heavy atom. The highest BCUT2D eigenvalue weighted by atomic mass is 16.1. The third kappa shape index (κ3) is 3.58. The molecule has 25 heavy (non-hydrogen) atoms. The lowest BCUT2D eigenvalue weighted by atomic mass is 10.1.